The summed E-state index contributed by atoms with van der Waals surface area (Å²) in [5, 5.41) is 5.39. The van der Waals surface area contributed by atoms with Gasteiger partial charge in [-0.05, 0) is 42.1 Å². The Labute approximate surface area is 115 Å². The fraction of sp³-hybridized carbons (Fsp3) is 0.0714. The molecule has 18 heavy (non-hydrogen) atoms. The van der Waals surface area contributed by atoms with Gasteiger partial charge in [0.25, 0.3) is 0 Å². The Morgan fingerprint density at radius 2 is 2.22 bits per heavy atom. The van der Waals surface area contributed by atoms with Crippen molar-refractivity contribution >= 4 is 40.6 Å². The van der Waals surface area contributed by atoms with Crippen molar-refractivity contribution in [1.29, 1.82) is 0 Å². The Balaban J connectivity index is 2.05. The van der Waals surface area contributed by atoms with Crippen LogP contribution in [0.2, 0.25) is 5.02 Å². The minimum Gasteiger partial charge on any atom is -0.322 e. The monoisotopic (exact) mass is 277 g/mol. The molecule has 0 atom stereocenters. The molecule has 0 unspecified atom stereocenters. The van der Waals surface area contributed by atoms with Crippen LogP contribution in [0.3, 0.4) is 0 Å². The second kappa shape index (κ2) is 5.85. The number of rotatable bonds is 3. The van der Waals surface area contributed by atoms with Gasteiger partial charge < -0.3 is 5.32 Å². The van der Waals surface area contributed by atoms with Crippen molar-refractivity contribution in [3.05, 3.63) is 57.3 Å². The van der Waals surface area contributed by atoms with Crippen LogP contribution in [-0.2, 0) is 4.79 Å². The van der Waals surface area contributed by atoms with Crippen molar-refractivity contribution in [2.24, 2.45) is 0 Å². The lowest BCUT2D eigenvalue weighted by Gasteiger charge is -2.06. The van der Waals surface area contributed by atoms with E-state index in [1.807, 2.05) is 30.5 Å². The van der Waals surface area contributed by atoms with Crippen LogP contribution in [0.1, 0.15) is 10.4 Å². The van der Waals surface area contributed by atoms with Gasteiger partial charge in [0.2, 0.25) is 5.91 Å². The van der Waals surface area contributed by atoms with Crippen molar-refractivity contribution in [1.82, 2.24) is 0 Å². The predicted molar refractivity (Wildman–Crippen MR) is 78.2 cm³/mol. The second-order valence-corrected chi connectivity index (χ2v) is 5.21. The summed E-state index contributed by atoms with van der Waals surface area (Å²) in [6.07, 6.45) is 3.31. The topological polar surface area (TPSA) is 29.1 Å². The van der Waals surface area contributed by atoms with E-state index >= 15 is 0 Å². The maximum atomic E-state index is 11.7. The molecule has 1 heterocycles. The molecule has 1 aromatic carbocycles. The first-order valence-corrected chi connectivity index (χ1v) is 6.69. The fourth-order valence-corrected chi connectivity index (χ4v) is 2.24. The molecule has 0 aliphatic rings. The Morgan fingerprint density at radius 1 is 1.39 bits per heavy atom. The standard InChI is InChI=1S/C14H12ClNOS/c1-10-4-5-11(15)9-13(10)16-14(17)7-6-12-3-2-8-18-12/h2-9H,1H3,(H,16,17)/b7-6+. The number of thiophene rings is 1. The number of anilines is 1. The molecule has 0 saturated heterocycles. The van der Waals surface area contributed by atoms with Crippen LogP contribution in [-0.4, -0.2) is 5.91 Å². The maximum absolute atomic E-state index is 11.7. The van der Waals surface area contributed by atoms with E-state index in [4.69, 9.17) is 11.6 Å². The molecule has 2 aromatic rings. The van der Waals surface area contributed by atoms with Crippen molar-refractivity contribution in [2.45, 2.75) is 6.92 Å². The van der Waals surface area contributed by atoms with E-state index in [-0.39, 0.29) is 5.91 Å². The summed E-state index contributed by atoms with van der Waals surface area (Å²) >= 11 is 7.48. The SMILES string of the molecule is Cc1ccc(Cl)cc1NC(=O)/C=C/c1cccs1. The summed E-state index contributed by atoms with van der Waals surface area (Å²) in [5.41, 5.74) is 1.72. The quantitative estimate of drug-likeness (QED) is 0.830. The van der Waals surface area contributed by atoms with Crippen molar-refractivity contribution < 1.29 is 4.79 Å². The summed E-state index contributed by atoms with van der Waals surface area (Å²) in [4.78, 5) is 12.8. The first kappa shape index (κ1) is 12.9. The lowest BCUT2D eigenvalue weighted by molar-refractivity contribution is -0.111. The zero-order chi connectivity index (χ0) is 13.0. The second-order valence-electron chi connectivity index (χ2n) is 3.80. The van der Waals surface area contributed by atoms with Crippen LogP contribution in [0, 0.1) is 6.92 Å². The first-order chi connectivity index (χ1) is 8.65. The van der Waals surface area contributed by atoms with E-state index in [0.717, 1.165) is 16.1 Å². The van der Waals surface area contributed by atoms with E-state index in [0.29, 0.717) is 5.02 Å². The Morgan fingerprint density at radius 3 is 2.94 bits per heavy atom. The van der Waals surface area contributed by atoms with E-state index in [1.54, 1.807) is 29.5 Å². The number of hydrogen-bond donors (Lipinski definition) is 1. The van der Waals surface area contributed by atoms with E-state index < -0.39 is 0 Å². The molecule has 0 fully saturated rings. The number of amides is 1. The summed E-state index contributed by atoms with van der Waals surface area (Å²) in [6, 6.07) is 9.32. The molecule has 2 rings (SSSR count). The zero-order valence-electron chi connectivity index (χ0n) is 9.81. The zero-order valence-corrected chi connectivity index (χ0v) is 11.4. The highest BCUT2D eigenvalue weighted by Crippen LogP contribution is 2.20. The summed E-state index contributed by atoms with van der Waals surface area (Å²) < 4.78 is 0. The van der Waals surface area contributed by atoms with E-state index in [1.165, 1.54) is 6.08 Å². The third-order valence-electron chi connectivity index (χ3n) is 2.40. The molecule has 0 saturated carbocycles. The molecule has 1 amide bonds. The third-order valence-corrected chi connectivity index (χ3v) is 3.47. The molecule has 0 aliphatic heterocycles. The van der Waals surface area contributed by atoms with Crippen molar-refractivity contribution in [3.8, 4) is 0 Å². The minimum absolute atomic E-state index is 0.159. The van der Waals surface area contributed by atoms with Gasteiger partial charge in [-0.3, -0.25) is 4.79 Å². The van der Waals surface area contributed by atoms with E-state index in [2.05, 4.69) is 5.32 Å². The normalized spacial score (nSPS) is 10.8. The van der Waals surface area contributed by atoms with Crippen LogP contribution in [0.4, 0.5) is 5.69 Å². The molecule has 1 aromatic heterocycles. The molecular formula is C14H12ClNOS. The summed E-state index contributed by atoms with van der Waals surface area (Å²) in [5.74, 6) is -0.159. The van der Waals surface area contributed by atoms with Gasteiger partial charge in [-0.25, -0.2) is 0 Å². The van der Waals surface area contributed by atoms with Crippen LogP contribution >= 0.6 is 22.9 Å². The number of halogens is 1. The van der Waals surface area contributed by atoms with Crippen LogP contribution < -0.4 is 5.32 Å². The molecule has 0 bridgehead atoms. The maximum Gasteiger partial charge on any atom is 0.248 e. The fourth-order valence-electron chi connectivity index (χ4n) is 1.45. The van der Waals surface area contributed by atoms with Crippen LogP contribution in [0.15, 0.2) is 41.8 Å². The molecule has 1 N–H and O–H groups in total. The highest BCUT2D eigenvalue weighted by Gasteiger charge is 2.02. The van der Waals surface area contributed by atoms with Crippen molar-refractivity contribution in [2.75, 3.05) is 5.32 Å². The van der Waals surface area contributed by atoms with Gasteiger partial charge in [-0.2, -0.15) is 0 Å². The van der Waals surface area contributed by atoms with Gasteiger partial charge in [0, 0.05) is 21.7 Å². The van der Waals surface area contributed by atoms with Gasteiger partial charge >= 0.3 is 0 Å². The summed E-state index contributed by atoms with van der Waals surface area (Å²) in [7, 11) is 0. The van der Waals surface area contributed by atoms with Gasteiger partial charge in [0.1, 0.15) is 0 Å². The van der Waals surface area contributed by atoms with Crippen LogP contribution in [0.25, 0.3) is 6.08 Å². The predicted octanol–water partition coefficient (Wildman–Crippen LogP) is 4.36. The summed E-state index contributed by atoms with van der Waals surface area (Å²) in [6.45, 7) is 1.93. The average Bonchev–Trinajstić information content (AvgIpc) is 2.84. The largest absolute Gasteiger partial charge is 0.322 e. The number of hydrogen-bond acceptors (Lipinski definition) is 2. The Kier molecular flexibility index (Phi) is 4.18. The number of carbonyl (C=O) groups is 1. The molecule has 0 spiro atoms. The lowest BCUT2D eigenvalue weighted by Crippen LogP contribution is -2.08. The van der Waals surface area contributed by atoms with Gasteiger partial charge in [0.05, 0.1) is 0 Å². The van der Waals surface area contributed by atoms with Gasteiger partial charge in [-0.1, -0.05) is 23.7 Å². The highest BCUT2D eigenvalue weighted by molar-refractivity contribution is 7.10. The Hall–Kier alpha value is -1.58. The van der Waals surface area contributed by atoms with Crippen LogP contribution in [0.5, 0.6) is 0 Å². The Bertz CT molecular complexity index is 575. The number of aryl methyl sites for hydroxylation is 1. The molecular weight excluding hydrogens is 266 g/mol. The highest BCUT2D eigenvalue weighted by atomic mass is 35.5. The molecule has 0 radical (unpaired) electrons. The van der Waals surface area contributed by atoms with Crippen molar-refractivity contribution in [3.63, 3.8) is 0 Å². The lowest BCUT2D eigenvalue weighted by atomic mass is 10.2. The van der Waals surface area contributed by atoms with E-state index in [9.17, 15) is 4.79 Å². The first-order valence-electron chi connectivity index (χ1n) is 5.44. The molecule has 92 valence electrons. The average molecular weight is 278 g/mol. The number of benzene rings is 1. The number of nitrogens with one attached hydrogen (secondary N) is 1. The van der Waals surface area contributed by atoms with Gasteiger partial charge in [0.15, 0.2) is 0 Å². The van der Waals surface area contributed by atoms with Gasteiger partial charge in [-0.15, -0.1) is 11.3 Å². The molecule has 4 heteroatoms. The third kappa shape index (κ3) is 3.45. The minimum atomic E-state index is -0.159. The smallest absolute Gasteiger partial charge is 0.248 e. The molecule has 2 nitrogen and oxygen atoms in total. The molecule has 0 aliphatic carbocycles. The number of carbonyl (C=O) groups excluding carboxylic acids is 1.